The van der Waals surface area contributed by atoms with E-state index in [2.05, 4.69) is 29.3 Å². The number of thioether (sulfide) groups is 2. The largest absolute Gasteiger partial charge is 0.235 e. The Kier molecular flexibility index (Phi) is 4.32. The zero-order chi connectivity index (χ0) is 12.2. The highest BCUT2D eigenvalue weighted by atomic mass is 32.2. The Morgan fingerprint density at radius 2 is 1.56 bits per heavy atom. The molecule has 0 N–H and O–H groups in total. The quantitative estimate of drug-likeness (QED) is 0.736. The average Bonchev–Trinajstić information content (AvgIpc) is 2.94. The van der Waals surface area contributed by atoms with Gasteiger partial charge in [-0.1, -0.05) is 54.9 Å². The van der Waals surface area contributed by atoms with E-state index in [9.17, 15) is 0 Å². The van der Waals surface area contributed by atoms with Gasteiger partial charge in [0.2, 0.25) is 0 Å². The highest BCUT2D eigenvalue weighted by Gasteiger charge is 2.15. The molecule has 1 aromatic carbocycles. The number of hydrogen-bond donors (Lipinski definition) is 0. The van der Waals surface area contributed by atoms with Gasteiger partial charge in [-0.3, -0.25) is 0 Å². The van der Waals surface area contributed by atoms with Crippen molar-refractivity contribution in [3.63, 3.8) is 0 Å². The van der Waals surface area contributed by atoms with Gasteiger partial charge in [0, 0.05) is 11.5 Å². The molecule has 0 radical (unpaired) electrons. The molecular weight excluding hydrogens is 258 g/mol. The third kappa shape index (κ3) is 3.12. The van der Waals surface area contributed by atoms with Crippen LogP contribution in [0.3, 0.4) is 0 Å². The lowest BCUT2D eigenvalue weighted by Gasteiger charge is -2.21. The van der Waals surface area contributed by atoms with Crippen LogP contribution < -0.4 is 0 Å². The highest BCUT2D eigenvalue weighted by molar-refractivity contribution is 8.41. The fourth-order valence-electron chi connectivity index (χ4n) is 2.73. The molecule has 0 amide bonds. The lowest BCUT2D eigenvalue weighted by molar-refractivity contribution is 0.443. The van der Waals surface area contributed by atoms with Gasteiger partial charge in [-0.2, -0.15) is 0 Å². The maximum Gasteiger partial charge on any atom is 0.130 e. The zero-order valence-electron chi connectivity index (χ0n) is 10.6. The number of benzene rings is 1. The average molecular weight is 277 g/mol. The number of aliphatic imine (C=N–C) groups is 1. The van der Waals surface area contributed by atoms with Crippen LogP contribution in [-0.4, -0.2) is 15.9 Å². The van der Waals surface area contributed by atoms with E-state index in [1.807, 2.05) is 23.5 Å². The van der Waals surface area contributed by atoms with E-state index in [0.29, 0.717) is 0 Å². The SMILES string of the molecule is c1cc(C2CCCCC2)ccc1N=C1SCCS1. The van der Waals surface area contributed by atoms with E-state index >= 15 is 0 Å². The lowest BCUT2D eigenvalue weighted by atomic mass is 9.84. The van der Waals surface area contributed by atoms with E-state index in [-0.39, 0.29) is 0 Å². The van der Waals surface area contributed by atoms with Crippen LogP contribution in [0.4, 0.5) is 5.69 Å². The van der Waals surface area contributed by atoms with Gasteiger partial charge in [0.1, 0.15) is 4.38 Å². The molecule has 0 atom stereocenters. The van der Waals surface area contributed by atoms with Gasteiger partial charge < -0.3 is 0 Å². The molecule has 1 aliphatic heterocycles. The summed E-state index contributed by atoms with van der Waals surface area (Å²) in [4.78, 5) is 4.69. The van der Waals surface area contributed by atoms with E-state index in [1.165, 1.54) is 53.5 Å². The van der Waals surface area contributed by atoms with Gasteiger partial charge in [0.25, 0.3) is 0 Å². The molecule has 3 rings (SSSR count). The second-order valence-electron chi connectivity index (χ2n) is 5.00. The molecule has 96 valence electrons. The molecule has 1 saturated carbocycles. The fourth-order valence-corrected chi connectivity index (χ4v) is 4.92. The topological polar surface area (TPSA) is 12.4 Å². The highest BCUT2D eigenvalue weighted by Crippen LogP contribution is 2.34. The molecule has 0 aromatic heterocycles. The first-order valence-electron chi connectivity index (χ1n) is 6.86. The number of rotatable bonds is 2. The fraction of sp³-hybridized carbons (Fsp3) is 0.533. The normalized spacial score (nSPS) is 21.2. The maximum atomic E-state index is 4.69. The Morgan fingerprint density at radius 3 is 2.22 bits per heavy atom. The third-order valence-corrected chi connectivity index (χ3v) is 6.18. The van der Waals surface area contributed by atoms with Crippen LogP contribution in [0.25, 0.3) is 0 Å². The van der Waals surface area contributed by atoms with E-state index in [1.54, 1.807) is 0 Å². The molecule has 0 unspecified atom stereocenters. The van der Waals surface area contributed by atoms with Crippen LogP contribution in [0, 0.1) is 0 Å². The number of hydrogen-bond acceptors (Lipinski definition) is 3. The van der Waals surface area contributed by atoms with Gasteiger partial charge in [-0.15, -0.1) is 0 Å². The van der Waals surface area contributed by atoms with Gasteiger partial charge in [-0.05, 0) is 36.5 Å². The monoisotopic (exact) mass is 277 g/mol. The summed E-state index contributed by atoms with van der Waals surface area (Å²) in [5.41, 5.74) is 2.64. The Bertz CT molecular complexity index is 411. The first-order chi connectivity index (χ1) is 8.92. The van der Waals surface area contributed by atoms with Gasteiger partial charge >= 0.3 is 0 Å². The predicted octanol–water partition coefficient (Wildman–Crippen LogP) is 5.20. The molecule has 1 heterocycles. The summed E-state index contributed by atoms with van der Waals surface area (Å²) in [7, 11) is 0. The molecule has 1 aliphatic carbocycles. The predicted molar refractivity (Wildman–Crippen MR) is 84.3 cm³/mol. The molecule has 1 saturated heterocycles. The van der Waals surface area contributed by atoms with Crippen molar-refractivity contribution >= 4 is 33.6 Å². The van der Waals surface area contributed by atoms with Crippen molar-refractivity contribution in [1.29, 1.82) is 0 Å². The van der Waals surface area contributed by atoms with Crippen LogP contribution in [0.2, 0.25) is 0 Å². The second-order valence-corrected chi connectivity index (χ2v) is 7.43. The van der Waals surface area contributed by atoms with Crippen LogP contribution in [-0.2, 0) is 0 Å². The number of nitrogens with zero attached hydrogens (tertiary/aromatic N) is 1. The molecule has 0 bridgehead atoms. The van der Waals surface area contributed by atoms with Crippen LogP contribution in [0.1, 0.15) is 43.6 Å². The molecule has 3 heteroatoms. The zero-order valence-corrected chi connectivity index (χ0v) is 12.2. The van der Waals surface area contributed by atoms with Crippen LogP contribution >= 0.6 is 23.5 Å². The second kappa shape index (κ2) is 6.16. The Hall–Kier alpha value is -0.410. The summed E-state index contributed by atoms with van der Waals surface area (Å²) in [5, 5.41) is 0. The Balaban J connectivity index is 1.70. The molecule has 18 heavy (non-hydrogen) atoms. The van der Waals surface area contributed by atoms with Crippen LogP contribution in [0.15, 0.2) is 29.3 Å². The summed E-state index contributed by atoms with van der Waals surface area (Å²) in [6, 6.07) is 8.96. The van der Waals surface area contributed by atoms with Gasteiger partial charge in [0.05, 0.1) is 5.69 Å². The minimum Gasteiger partial charge on any atom is -0.235 e. The maximum absolute atomic E-state index is 4.69. The van der Waals surface area contributed by atoms with Crippen LogP contribution in [0.5, 0.6) is 0 Å². The van der Waals surface area contributed by atoms with Crippen molar-refractivity contribution in [3.8, 4) is 0 Å². The minimum atomic E-state index is 0.802. The first kappa shape index (κ1) is 12.6. The molecule has 0 spiro atoms. The van der Waals surface area contributed by atoms with Crippen molar-refractivity contribution in [2.75, 3.05) is 11.5 Å². The molecule has 2 aliphatic rings. The summed E-state index contributed by atoms with van der Waals surface area (Å²) >= 11 is 3.76. The van der Waals surface area contributed by atoms with E-state index in [0.717, 1.165) is 11.6 Å². The Morgan fingerprint density at radius 1 is 0.889 bits per heavy atom. The van der Waals surface area contributed by atoms with E-state index in [4.69, 9.17) is 0 Å². The minimum absolute atomic E-state index is 0.802. The summed E-state index contributed by atoms with van der Waals surface area (Å²) in [6.45, 7) is 0. The first-order valence-corrected chi connectivity index (χ1v) is 8.83. The summed E-state index contributed by atoms with van der Waals surface area (Å²) in [5.74, 6) is 3.23. The summed E-state index contributed by atoms with van der Waals surface area (Å²) < 4.78 is 1.24. The summed E-state index contributed by atoms with van der Waals surface area (Å²) in [6.07, 6.45) is 6.99. The Labute approximate surface area is 118 Å². The van der Waals surface area contributed by atoms with Crippen molar-refractivity contribution in [3.05, 3.63) is 29.8 Å². The van der Waals surface area contributed by atoms with Crippen molar-refractivity contribution in [1.82, 2.24) is 0 Å². The standard InChI is InChI=1S/C15H19NS2/c1-2-4-12(5-3-1)13-6-8-14(9-7-13)16-15-17-10-11-18-15/h6-9,12H,1-5,10-11H2. The van der Waals surface area contributed by atoms with Crippen molar-refractivity contribution < 1.29 is 0 Å². The molecule has 1 aromatic rings. The smallest absolute Gasteiger partial charge is 0.130 e. The van der Waals surface area contributed by atoms with E-state index < -0.39 is 0 Å². The van der Waals surface area contributed by atoms with Crippen molar-refractivity contribution in [2.45, 2.75) is 38.0 Å². The molecule has 2 fully saturated rings. The molecule has 1 nitrogen and oxygen atoms in total. The van der Waals surface area contributed by atoms with Gasteiger partial charge in [0.15, 0.2) is 0 Å². The van der Waals surface area contributed by atoms with Crippen molar-refractivity contribution in [2.24, 2.45) is 4.99 Å². The third-order valence-electron chi connectivity index (χ3n) is 3.72. The lowest BCUT2D eigenvalue weighted by Crippen LogP contribution is -2.03. The molecular formula is C15H19NS2. The van der Waals surface area contributed by atoms with Gasteiger partial charge in [-0.25, -0.2) is 4.99 Å².